The Morgan fingerprint density at radius 2 is 2.06 bits per heavy atom. The first kappa shape index (κ1) is 10.4. The standard InChI is InChI=1S/C10H6IN5O/c11-7-3-1-2-4-8(7)17-10-6-12-5-9-13-14-15-16(9)10/h1-6H. The summed E-state index contributed by atoms with van der Waals surface area (Å²) in [5.41, 5.74) is 0.549. The molecule has 17 heavy (non-hydrogen) atoms. The molecule has 2 aromatic heterocycles. The lowest BCUT2D eigenvalue weighted by molar-refractivity contribution is 0.439. The van der Waals surface area contributed by atoms with E-state index in [9.17, 15) is 0 Å². The molecule has 0 N–H and O–H groups in total. The number of benzene rings is 1. The molecule has 84 valence electrons. The molecule has 0 unspecified atom stereocenters. The van der Waals surface area contributed by atoms with Crippen LogP contribution in [-0.4, -0.2) is 25.0 Å². The Balaban J connectivity index is 2.06. The number of fused-ring (bicyclic) bond motifs is 1. The van der Waals surface area contributed by atoms with E-state index in [2.05, 4.69) is 43.1 Å². The van der Waals surface area contributed by atoms with Crippen molar-refractivity contribution in [3.63, 3.8) is 0 Å². The zero-order chi connectivity index (χ0) is 11.7. The van der Waals surface area contributed by atoms with Gasteiger partial charge in [-0.15, -0.1) is 5.10 Å². The fourth-order valence-corrected chi connectivity index (χ4v) is 1.86. The van der Waals surface area contributed by atoms with Gasteiger partial charge in [0.05, 0.1) is 16.0 Å². The molecule has 0 aliphatic carbocycles. The van der Waals surface area contributed by atoms with Crippen LogP contribution in [0.2, 0.25) is 0 Å². The maximum atomic E-state index is 5.73. The minimum absolute atomic E-state index is 0.483. The minimum atomic E-state index is 0.483. The molecule has 0 spiro atoms. The minimum Gasteiger partial charge on any atom is -0.436 e. The van der Waals surface area contributed by atoms with Gasteiger partial charge in [-0.05, 0) is 45.2 Å². The van der Waals surface area contributed by atoms with E-state index in [1.807, 2.05) is 24.3 Å². The third-order valence-electron chi connectivity index (χ3n) is 2.13. The summed E-state index contributed by atoms with van der Waals surface area (Å²) in [7, 11) is 0. The predicted octanol–water partition coefficient (Wildman–Crippen LogP) is 1.92. The molecule has 0 saturated carbocycles. The lowest BCUT2D eigenvalue weighted by Gasteiger charge is -2.06. The highest BCUT2D eigenvalue weighted by Crippen LogP contribution is 2.25. The van der Waals surface area contributed by atoms with E-state index >= 15 is 0 Å². The van der Waals surface area contributed by atoms with E-state index < -0.39 is 0 Å². The van der Waals surface area contributed by atoms with Gasteiger partial charge in [0.15, 0.2) is 0 Å². The van der Waals surface area contributed by atoms with E-state index in [1.54, 1.807) is 12.4 Å². The number of hydrogen-bond donors (Lipinski definition) is 0. The van der Waals surface area contributed by atoms with Gasteiger partial charge in [0.25, 0.3) is 0 Å². The van der Waals surface area contributed by atoms with E-state index in [4.69, 9.17) is 4.74 Å². The van der Waals surface area contributed by atoms with Crippen LogP contribution in [0.3, 0.4) is 0 Å². The number of halogens is 1. The zero-order valence-electron chi connectivity index (χ0n) is 8.49. The number of hydrogen-bond acceptors (Lipinski definition) is 5. The summed E-state index contributed by atoms with van der Waals surface area (Å²) in [5.74, 6) is 1.23. The summed E-state index contributed by atoms with van der Waals surface area (Å²) in [6, 6.07) is 7.70. The van der Waals surface area contributed by atoms with Crippen molar-refractivity contribution < 1.29 is 4.74 Å². The highest BCUT2D eigenvalue weighted by atomic mass is 127. The van der Waals surface area contributed by atoms with Gasteiger partial charge in [-0.3, -0.25) is 4.98 Å². The van der Waals surface area contributed by atoms with E-state index in [0.29, 0.717) is 11.5 Å². The molecular weight excluding hydrogens is 333 g/mol. The average Bonchev–Trinajstić information content (AvgIpc) is 2.81. The number of nitrogens with zero attached hydrogens (tertiary/aromatic N) is 5. The van der Waals surface area contributed by atoms with Crippen LogP contribution in [0, 0.1) is 3.57 Å². The van der Waals surface area contributed by atoms with Gasteiger partial charge in [-0.25, -0.2) is 0 Å². The first-order chi connectivity index (χ1) is 8.34. The van der Waals surface area contributed by atoms with Crippen molar-refractivity contribution in [2.75, 3.05) is 0 Å². The third kappa shape index (κ3) is 1.93. The van der Waals surface area contributed by atoms with Crippen LogP contribution in [0.4, 0.5) is 0 Å². The second kappa shape index (κ2) is 4.24. The smallest absolute Gasteiger partial charge is 0.242 e. The highest BCUT2D eigenvalue weighted by molar-refractivity contribution is 14.1. The molecule has 2 heterocycles. The summed E-state index contributed by atoms with van der Waals surface area (Å²) in [6.45, 7) is 0. The quantitative estimate of drug-likeness (QED) is 0.668. The van der Waals surface area contributed by atoms with Crippen molar-refractivity contribution in [1.29, 1.82) is 0 Å². The van der Waals surface area contributed by atoms with Crippen LogP contribution < -0.4 is 4.74 Å². The van der Waals surface area contributed by atoms with Crippen LogP contribution in [0.25, 0.3) is 5.65 Å². The summed E-state index contributed by atoms with van der Waals surface area (Å²) in [4.78, 5) is 4.02. The molecule has 0 saturated heterocycles. The van der Waals surface area contributed by atoms with Crippen LogP contribution in [-0.2, 0) is 0 Å². The number of ether oxygens (including phenoxy) is 1. The Bertz CT molecular complexity index is 668. The zero-order valence-corrected chi connectivity index (χ0v) is 10.6. The monoisotopic (exact) mass is 339 g/mol. The van der Waals surface area contributed by atoms with Gasteiger partial charge in [0.2, 0.25) is 11.5 Å². The van der Waals surface area contributed by atoms with Crippen molar-refractivity contribution in [1.82, 2.24) is 25.0 Å². The van der Waals surface area contributed by atoms with E-state index in [-0.39, 0.29) is 0 Å². The Morgan fingerprint density at radius 1 is 1.18 bits per heavy atom. The highest BCUT2D eigenvalue weighted by Gasteiger charge is 2.07. The molecule has 0 fully saturated rings. The summed E-state index contributed by atoms with van der Waals surface area (Å²) >= 11 is 2.20. The molecule has 0 amide bonds. The Hall–Kier alpha value is -1.77. The third-order valence-corrected chi connectivity index (χ3v) is 3.02. The van der Waals surface area contributed by atoms with Crippen molar-refractivity contribution in [3.05, 3.63) is 40.2 Å². The van der Waals surface area contributed by atoms with Crippen molar-refractivity contribution in [2.45, 2.75) is 0 Å². The molecular formula is C10H6IN5O. The fourth-order valence-electron chi connectivity index (χ4n) is 1.36. The lowest BCUT2D eigenvalue weighted by Crippen LogP contribution is -1.97. The first-order valence-corrected chi connectivity index (χ1v) is 5.87. The van der Waals surface area contributed by atoms with Crippen LogP contribution in [0.5, 0.6) is 11.6 Å². The molecule has 3 aromatic rings. The second-order valence-electron chi connectivity index (χ2n) is 3.23. The Labute approximate surface area is 110 Å². The van der Waals surface area contributed by atoms with Crippen molar-refractivity contribution >= 4 is 28.2 Å². The van der Waals surface area contributed by atoms with Crippen LogP contribution >= 0.6 is 22.6 Å². The molecule has 6 nitrogen and oxygen atoms in total. The van der Waals surface area contributed by atoms with Gasteiger partial charge in [-0.2, -0.15) is 4.52 Å². The lowest BCUT2D eigenvalue weighted by atomic mass is 10.3. The van der Waals surface area contributed by atoms with Gasteiger partial charge >= 0.3 is 0 Å². The fraction of sp³-hybridized carbons (Fsp3) is 0. The molecule has 0 aliphatic rings. The number of aromatic nitrogens is 5. The van der Waals surface area contributed by atoms with Gasteiger partial charge in [-0.1, -0.05) is 12.1 Å². The number of para-hydroxylation sites is 1. The molecule has 0 bridgehead atoms. The average molecular weight is 339 g/mol. The number of rotatable bonds is 2. The predicted molar refractivity (Wildman–Crippen MR) is 67.8 cm³/mol. The molecule has 0 aliphatic heterocycles. The summed E-state index contributed by atoms with van der Waals surface area (Å²) in [5, 5.41) is 11.2. The van der Waals surface area contributed by atoms with Crippen LogP contribution in [0.1, 0.15) is 0 Å². The number of tetrazole rings is 1. The second-order valence-corrected chi connectivity index (χ2v) is 4.39. The SMILES string of the molecule is Ic1ccccc1Oc1cncc2nnnn12. The molecule has 0 radical (unpaired) electrons. The van der Waals surface area contributed by atoms with Crippen molar-refractivity contribution in [2.24, 2.45) is 0 Å². The maximum Gasteiger partial charge on any atom is 0.242 e. The molecule has 1 aromatic carbocycles. The first-order valence-electron chi connectivity index (χ1n) is 4.79. The molecule has 0 atom stereocenters. The van der Waals surface area contributed by atoms with Gasteiger partial charge < -0.3 is 4.74 Å². The van der Waals surface area contributed by atoms with Crippen molar-refractivity contribution in [3.8, 4) is 11.6 Å². The molecule has 7 heteroatoms. The summed E-state index contributed by atoms with van der Waals surface area (Å²) < 4.78 is 8.24. The molecule has 3 rings (SSSR count). The topological polar surface area (TPSA) is 65.2 Å². The maximum absolute atomic E-state index is 5.73. The van der Waals surface area contributed by atoms with Gasteiger partial charge in [0, 0.05) is 0 Å². The summed E-state index contributed by atoms with van der Waals surface area (Å²) in [6.07, 6.45) is 3.15. The van der Waals surface area contributed by atoms with E-state index in [0.717, 1.165) is 9.32 Å². The van der Waals surface area contributed by atoms with Gasteiger partial charge in [0.1, 0.15) is 5.75 Å². The normalized spacial score (nSPS) is 10.6. The van der Waals surface area contributed by atoms with E-state index in [1.165, 1.54) is 4.52 Å². The van der Waals surface area contributed by atoms with Crippen LogP contribution in [0.15, 0.2) is 36.7 Å². The largest absolute Gasteiger partial charge is 0.436 e. The Kier molecular flexibility index (Phi) is 2.59. The Morgan fingerprint density at radius 3 is 2.94 bits per heavy atom.